The van der Waals surface area contributed by atoms with Crippen molar-refractivity contribution in [3.63, 3.8) is 0 Å². The fourth-order valence-corrected chi connectivity index (χ4v) is 1.11. The summed E-state index contributed by atoms with van der Waals surface area (Å²) in [5.74, 6) is -3.91. The van der Waals surface area contributed by atoms with Crippen LogP contribution in [0.4, 0.5) is 13.2 Å². The standard InChI is InChI=1S/C10H17F3O3/c1-5-6(14)7(10(11,12)13)8(15)16-9(2,3)4/h6-7,14H,5H2,1-4H3/t6-,7-/m0/s1. The number of carbonyl (C=O) groups is 1. The molecule has 0 heterocycles. The van der Waals surface area contributed by atoms with E-state index in [0.717, 1.165) is 0 Å². The second kappa shape index (κ2) is 5.03. The lowest BCUT2D eigenvalue weighted by molar-refractivity contribution is -0.220. The first-order valence-electron chi connectivity index (χ1n) is 4.96. The van der Waals surface area contributed by atoms with E-state index in [1.165, 1.54) is 27.7 Å². The third-order valence-corrected chi connectivity index (χ3v) is 1.82. The first-order chi connectivity index (χ1) is 6.99. The summed E-state index contributed by atoms with van der Waals surface area (Å²) in [6.07, 6.45) is -6.73. The molecule has 0 amide bonds. The summed E-state index contributed by atoms with van der Waals surface area (Å²) in [5.41, 5.74) is -1.01. The van der Waals surface area contributed by atoms with Crippen molar-refractivity contribution in [1.29, 1.82) is 0 Å². The lowest BCUT2D eigenvalue weighted by Gasteiger charge is -2.27. The van der Waals surface area contributed by atoms with Gasteiger partial charge in [0.15, 0.2) is 5.92 Å². The summed E-state index contributed by atoms with van der Waals surface area (Å²) in [4.78, 5) is 11.3. The summed E-state index contributed by atoms with van der Waals surface area (Å²) < 4.78 is 42.2. The predicted molar refractivity (Wildman–Crippen MR) is 51.7 cm³/mol. The molecular weight excluding hydrogens is 225 g/mol. The minimum absolute atomic E-state index is 0.163. The molecule has 16 heavy (non-hydrogen) atoms. The Morgan fingerprint density at radius 1 is 1.31 bits per heavy atom. The largest absolute Gasteiger partial charge is 0.459 e. The van der Waals surface area contributed by atoms with Gasteiger partial charge in [-0.05, 0) is 27.2 Å². The maximum Gasteiger partial charge on any atom is 0.404 e. The number of aliphatic hydroxyl groups excluding tert-OH is 1. The molecule has 2 atom stereocenters. The number of alkyl halides is 3. The minimum Gasteiger partial charge on any atom is -0.459 e. The van der Waals surface area contributed by atoms with Gasteiger partial charge in [0.05, 0.1) is 6.10 Å². The van der Waals surface area contributed by atoms with Crippen molar-refractivity contribution in [3.8, 4) is 0 Å². The van der Waals surface area contributed by atoms with Crippen molar-refractivity contribution in [2.24, 2.45) is 5.92 Å². The molecule has 0 unspecified atom stereocenters. The third kappa shape index (κ3) is 4.83. The highest BCUT2D eigenvalue weighted by Crippen LogP contribution is 2.32. The van der Waals surface area contributed by atoms with E-state index in [2.05, 4.69) is 4.74 Å². The predicted octanol–water partition coefficient (Wildman–Crippen LogP) is 2.28. The number of esters is 1. The molecule has 0 saturated carbocycles. The van der Waals surface area contributed by atoms with Crippen LogP contribution in [-0.2, 0) is 9.53 Å². The minimum atomic E-state index is -4.79. The van der Waals surface area contributed by atoms with Gasteiger partial charge in [0.1, 0.15) is 5.60 Å². The molecule has 0 spiro atoms. The molecule has 6 heteroatoms. The fraction of sp³-hybridized carbons (Fsp3) is 0.900. The topological polar surface area (TPSA) is 46.5 Å². The second-order valence-electron chi connectivity index (χ2n) is 4.53. The maximum atomic E-state index is 12.5. The van der Waals surface area contributed by atoms with Gasteiger partial charge in [-0.2, -0.15) is 13.2 Å². The number of hydrogen-bond acceptors (Lipinski definition) is 3. The molecule has 0 aromatic heterocycles. The van der Waals surface area contributed by atoms with Crippen LogP contribution in [0.15, 0.2) is 0 Å². The van der Waals surface area contributed by atoms with Gasteiger partial charge in [0.25, 0.3) is 0 Å². The molecule has 0 aliphatic carbocycles. The van der Waals surface area contributed by atoms with Gasteiger partial charge in [-0.15, -0.1) is 0 Å². The van der Waals surface area contributed by atoms with Crippen LogP contribution in [-0.4, -0.2) is 29.0 Å². The number of aliphatic hydroxyl groups is 1. The zero-order valence-corrected chi connectivity index (χ0v) is 9.76. The van der Waals surface area contributed by atoms with Gasteiger partial charge in [0, 0.05) is 0 Å². The highest BCUT2D eigenvalue weighted by molar-refractivity contribution is 5.74. The molecule has 0 rings (SSSR count). The van der Waals surface area contributed by atoms with Crippen LogP contribution in [0.1, 0.15) is 34.1 Å². The first kappa shape index (κ1) is 15.2. The van der Waals surface area contributed by atoms with E-state index in [0.29, 0.717) is 0 Å². The van der Waals surface area contributed by atoms with Crippen molar-refractivity contribution >= 4 is 5.97 Å². The quantitative estimate of drug-likeness (QED) is 0.772. The average Bonchev–Trinajstić information content (AvgIpc) is 1.97. The van der Waals surface area contributed by atoms with Gasteiger partial charge >= 0.3 is 12.1 Å². The Hall–Kier alpha value is -0.780. The summed E-state index contributed by atoms with van der Waals surface area (Å²) in [6.45, 7) is 5.78. The number of rotatable bonds is 3. The van der Waals surface area contributed by atoms with Crippen LogP contribution < -0.4 is 0 Å². The molecular formula is C10H17F3O3. The van der Waals surface area contributed by atoms with Crippen molar-refractivity contribution in [2.75, 3.05) is 0 Å². The Balaban J connectivity index is 4.86. The highest BCUT2D eigenvalue weighted by atomic mass is 19.4. The SMILES string of the molecule is CC[C@H](O)[C@@H](C(=O)OC(C)(C)C)C(F)(F)F. The highest BCUT2D eigenvalue weighted by Gasteiger charge is 2.50. The van der Waals surface area contributed by atoms with Crippen molar-refractivity contribution in [1.82, 2.24) is 0 Å². The van der Waals surface area contributed by atoms with Gasteiger partial charge in [-0.25, -0.2) is 0 Å². The summed E-state index contributed by atoms with van der Waals surface area (Å²) in [7, 11) is 0. The van der Waals surface area contributed by atoms with Gasteiger partial charge in [0.2, 0.25) is 0 Å². The number of halogens is 3. The van der Waals surface area contributed by atoms with E-state index in [4.69, 9.17) is 0 Å². The number of hydrogen-bond donors (Lipinski definition) is 1. The van der Waals surface area contributed by atoms with Crippen LogP contribution in [0.3, 0.4) is 0 Å². The molecule has 3 nitrogen and oxygen atoms in total. The van der Waals surface area contributed by atoms with E-state index in [1.54, 1.807) is 0 Å². The van der Waals surface area contributed by atoms with Crippen LogP contribution >= 0.6 is 0 Å². The average molecular weight is 242 g/mol. The second-order valence-corrected chi connectivity index (χ2v) is 4.53. The Morgan fingerprint density at radius 2 is 1.75 bits per heavy atom. The van der Waals surface area contributed by atoms with Crippen LogP contribution in [0.25, 0.3) is 0 Å². The Bertz CT molecular complexity index is 243. The first-order valence-corrected chi connectivity index (χ1v) is 4.96. The van der Waals surface area contributed by atoms with Crippen LogP contribution in [0, 0.1) is 5.92 Å². The molecule has 0 aromatic carbocycles. The summed E-state index contributed by atoms with van der Waals surface area (Å²) >= 11 is 0. The zero-order chi connectivity index (χ0) is 13.1. The summed E-state index contributed by atoms with van der Waals surface area (Å²) in [5, 5.41) is 9.20. The van der Waals surface area contributed by atoms with E-state index in [9.17, 15) is 23.1 Å². The number of carbonyl (C=O) groups excluding carboxylic acids is 1. The Morgan fingerprint density at radius 3 is 2.00 bits per heavy atom. The molecule has 0 bridgehead atoms. The molecule has 96 valence electrons. The molecule has 0 aromatic rings. The molecule has 0 radical (unpaired) electrons. The van der Waals surface area contributed by atoms with E-state index < -0.39 is 29.8 Å². The van der Waals surface area contributed by atoms with Crippen LogP contribution in [0.2, 0.25) is 0 Å². The Kier molecular flexibility index (Phi) is 4.79. The Labute approximate surface area is 92.6 Å². The van der Waals surface area contributed by atoms with E-state index in [-0.39, 0.29) is 6.42 Å². The summed E-state index contributed by atoms with van der Waals surface area (Å²) in [6, 6.07) is 0. The molecule has 0 fully saturated rings. The molecule has 1 N–H and O–H groups in total. The fourth-order valence-electron chi connectivity index (χ4n) is 1.11. The third-order valence-electron chi connectivity index (χ3n) is 1.82. The van der Waals surface area contributed by atoms with Gasteiger partial charge in [-0.3, -0.25) is 4.79 Å². The van der Waals surface area contributed by atoms with Crippen molar-refractivity contribution in [2.45, 2.75) is 52.0 Å². The van der Waals surface area contributed by atoms with Crippen molar-refractivity contribution < 1.29 is 27.8 Å². The lowest BCUT2D eigenvalue weighted by atomic mass is 9.99. The number of ether oxygens (including phenoxy) is 1. The molecule has 0 saturated heterocycles. The van der Waals surface area contributed by atoms with Crippen molar-refractivity contribution in [3.05, 3.63) is 0 Å². The normalized spacial score (nSPS) is 16.8. The smallest absolute Gasteiger partial charge is 0.404 e. The molecule has 0 aliphatic heterocycles. The zero-order valence-electron chi connectivity index (χ0n) is 9.76. The molecule has 0 aliphatic rings. The lowest BCUT2D eigenvalue weighted by Crippen LogP contribution is -2.43. The van der Waals surface area contributed by atoms with E-state index in [1.807, 2.05) is 0 Å². The van der Waals surface area contributed by atoms with Crippen LogP contribution in [0.5, 0.6) is 0 Å². The van der Waals surface area contributed by atoms with Gasteiger partial charge in [-0.1, -0.05) is 6.92 Å². The maximum absolute atomic E-state index is 12.5. The van der Waals surface area contributed by atoms with E-state index >= 15 is 0 Å². The van der Waals surface area contributed by atoms with Gasteiger partial charge < -0.3 is 9.84 Å². The monoisotopic (exact) mass is 242 g/mol.